The van der Waals surface area contributed by atoms with Gasteiger partial charge in [-0.1, -0.05) is 0 Å². The van der Waals surface area contributed by atoms with Gasteiger partial charge in [0, 0.05) is 12.0 Å². The second-order valence-electron chi connectivity index (χ2n) is 6.26. The van der Waals surface area contributed by atoms with Gasteiger partial charge in [0.15, 0.2) is 5.11 Å². The van der Waals surface area contributed by atoms with Crippen molar-refractivity contribution in [1.82, 2.24) is 5.32 Å². The molecule has 1 unspecified atom stereocenters. The molecule has 1 saturated heterocycles. The molecule has 3 rings (SSSR count). The molecule has 0 aliphatic carbocycles. The van der Waals surface area contributed by atoms with Crippen molar-refractivity contribution in [1.29, 1.82) is 0 Å². The Balaban J connectivity index is 2.09. The fraction of sp³-hybridized carbons (Fsp3) is 0.429. The molecule has 2 aliphatic heterocycles. The molecule has 0 amide bonds. The van der Waals surface area contributed by atoms with Crippen molar-refractivity contribution >= 4 is 34.7 Å². The average molecular weight is 291 g/mol. The third-order valence-corrected chi connectivity index (χ3v) is 4.10. The number of rotatable bonds is 1. The SMILES string of the molecule is CC1(C)CC2(C)Nc3ccc(C(=O)O)cc3N2C(=S)N1. The van der Waals surface area contributed by atoms with Crippen LogP contribution in [0, 0.1) is 0 Å². The van der Waals surface area contributed by atoms with Crippen molar-refractivity contribution < 1.29 is 9.90 Å². The molecule has 0 spiro atoms. The van der Waals surface area contributed by atoms with Crippen LogP contribution in [0.5, 0.6) is 0 Å². The highest BCUT2D eigenvalue weighted by Crippen LogP contribution is 2.45. The number of thiocarbonyl (C=S) groups is 1. The first-order chi connectivity index (χ1) is 9.22. The summed E-state index contributed by atoms with van der Waals surface area (Å²) in [5.74, 6) is -0.933. The van der Waals surface area contributed by atoms with Crippen LogP contribution in [-0.2, 0) is 0 Å². The van der Waals surface area contributed by atoms with E-state index in [0.717, 1.165) is 17.8 Å². The van der Waals surface area contributed by atoms with Gasteiger partial charge < -0.3 is 15.7 Å². The monoisotopic (exact) mass is 291 g/mol. The number of anilines is 2. The fourth-order valence-electron chi connectivity index (χ4n) is 3.27. The minimum Gasteiger partial charge on any atom is -0.478 e. The summed E-state index contributed by atoms with van der Waals surface area (Å²) in [6.07, 6.45) is 0.844. The number of nitrogens with zero attached hydrogens (tertiary/aromatic N) is 1. The van der Waals surface area contributed by atoms with Crippen molar-refractivity contribution in [2.75, 3.05) is 10.2 Å². The van der Waals surface area contributed by atoms with E-state index in [0.29, 0.717) is 5.11 Å². The summed E-state index contributed by atoms with van der Waals surface area (Å²) in [5.41, 5.74) is 1.57. The summed E-state index contributed by atoms with van der Waals surface area (Å²) < 4.78 is 0. The molecule has 0 bridgehead atoms. The number of nitrogens with one attached hydrogen (secondary N) is 2. The molecule has 1 atom stereocenters. The van der Waals surface area contributed by atoms with Gasteiger partial charge in [0.25, 0.3) is 0 Å². The lowest BCUT2D eigenvalue weighted by atomic mass is 9.89. The van der Waals surface area contributed by atoms with Crippen LogP contribution in [0.25, 0.3) is 0 Å². The van der Waals surface area contributed by atoms with Crippen molar-refractivity contribution in [2.24, 2.45) is 0 Å². The first-order valence-electron chi connectivity index (χ1n) is 6.50. The minimum atomic E-state index is -0.933. The van der Waals surface area contributed by atoms with E-state index in [1.165, 1.54) is 0 Å². The molecule has 6 heteroatoms. The van der Waals surface area contributed by atoms with Crippen LogP contribution in [0.4, 0.5) is 11.4 Å². The Bertz CT molecular complexity index is 629. The highest BCUT2D eigenvalue weighted by Gasteiger charge is 2.49. The highest BCUT2D eigenvalue weighted by atomic mass is 32.1. The van der Waals surface area contributed by atoms with Crippen molar-refractivity contribution in [3.05, 3.63) is 23.8 Å². The molecule has 1 aromatic rings. The van der Waals surface area contributed by atoms with Crippen molar-refractivity contribution in [3.63, 3.8) is 0 Å². The lowest BCUT2D eigenvalue weighted by Gasteiger charge is -2.48. The Morgan fingerprint density at radius 1 is 1.35 bits per heavy atom. The maximum Gasteiger partial charge on any atom is 0.335 e. The molecule has 106 valence electrons. The van der Waals surface area contributed by atoms with Gasteiger partial charge in [0.1, 0.15) is 5.66 Å². The lowest BCUT2D eigenvalue weighted by Crippen LogP contribution is -2.67. The molecule has 1 aromatic carbocycles. The number of aromatic carboxylic acids is 1. The van der Waals surface area contributed by atoms with Gasteiger partial charge in [-0.25, -0.2) is 4.79 Å². The number of carbonyl (C=O) groups is 1. The Morgan fingerprint density at radius 3 is 2.70 bits per heavy atom. The van der Waals surface area contributed by atoms with Crippen LogP contribution in [0.3, 0.4) is 0 Å². The zero-order chi connectivity index (χ0) is 14.7. The van der Waals surface area contributed by atoms with E-state index in [4.69, 9.17) is 17.3 Å². The van der Waals surface area contributed by atoms with Crippen LogP contribution >= 0.6 is 12.2 Å². The standard InChI is InChI=1S/C14H17N3O2S/c1-13(2)7-14(3)15-9-5-4-8(11(18)19)6-10(9)17(14)12(20)16-13/h4-6,15H,7H2,1-3H3,(H,16,20)(H,18,19). The van der Waals surface area contributed by atoms with E-state index >= 15 is 0 Å². The summed E-state index contributed by atoms with van der Waals surface area (Å²) in [6, 6.07) is 5.08. The zero-order valence-electron chi connectivity index (χ0n) is 11.7. The number of hydrogen-bond donors (Lipinski definition) is 3. The molecule has 0 aromatic heterocycles. The zero-order valence-corrected chi connectivity index (χ0v) is 12.5. The summed E-state index contributed by atoms with van der Waals surface area (Å²) in [5, 5.41) is 16.5. The number of fused-ring (bicyclic) bond motifs is 3. The number of benzene rings is 1. The predicted octanol–water partition coefficient (Wildman–Crippen LogP) is 2.39. The lowest BCUT2D eigenvalue weighted by molar-refractivity contribution is 0.0697. The normalized spacial score (nSPS) is 26.4. The van der Waals surface area contributed by atoms with Gasteiger partial charge in [-0.05, 0) is 51.2 Å². The first kappa shape index (κ1) is 13.2. The molecule has 3 N–H and O–H groups in total. The van der Waals surface area contributed by atoms with Crippen molar-refractivity contribution in [3.8, 4) is 0 Å². The van der Waals surface area contributed by atoms with E-state index in [1.807, 2.05) is 4.90 Å². The fourth-order valence-corrected chi connectivity index (χ4v) is 3.85. The second-order valence-corrected chi connectivity index (χ2v) is 6.65. The van der Waals surface area contributed by atoms with Crippen LogP contribution < -0.4 is 15.5 Å². The molecule has 2 heterocycles. The Morgan fingerprint density at radius 2 is 2.05 bits per heavy atom. The third kappa shape index (κ3) is 1.83. The second kappa shape index (κ2) is 3.85. The Kier molecular flexibility index (Phi) is 2.54. The molecular formula is C14H17N3O2S. The predicted molar refractivity (Wildman–Crippen MR) is 82.3 cm³/mol. The molecule has 1 fully saturated rings. The van der Waals surface area contributed by atoms with Gasteiger partial charge in [0.2, 0.25) is 0 Å². The maximum absolute atomic E-state index is 11.1. The molecule has 5 nitrogen and oxygen atoms in total. The Hall–Kier alpha value is -1.82. The number of carboxylic acids is 1. The minimum absolute atomic E-state index is 0.104. The molecule has 20 heavy (non-hydrogen) atoms. The van der Waals surface area contributed by atoms with Gasteiger partial charge in [-0.3, -0.25) is 4.90 Å². The van der Waals surface area contributed by atoms with E-state index in [-0.39, 0.29) is 16.8 Å². The van der Waals surface area contributed by atoms with Gasteiger partial charge in [-0.2, -0.15) is 0 Å². The largest absolute Gasteiger partial charge is 0.478 e. The van der Waals surface area contributed by atoms with Crippen LogP contribution in [0.15, 0.2) is 18.2 Å². The maximum atomic E-state index is 11.1. The summed E-state index contributed by atoms with van der Waals surface area (Å²) in [4.78, 5) is 13.1. The van der Waals surface area contributed by atoms with E-state index in [2.05, 4.69) is 31.4 Å². The molecule has 0 saturated carbocycles. The van der Waals surface area contributed by atoms with E-state index < -0.39 is 5.97 Å². The van der Waals surface area contributed by atoms with Crippen molar-refractivity contribution in [2.45, 2.75) is 38.4 Å². The smallest absolute Gasteiger partial charge is 0.335 e. The third-order valence-electron chi connectivity index (χ3n) is 3.82. The van der Waals surface area contributed by atoms with Gasteiger partial charge in [0.05, 0.1) is 16.9 Å². The quantitative estimate of drug-likeness (QED) is 0.691. The summed E-state index contributed by atoms with van der Waals surface area (Å²) in [6.45, 7) is 6.30. The highest BCUT2D eigenvalue weighted by molar-refractivity contribution is 7.80. The van der Waals surface area contributed by atoms with Crippen LogP contribution in [0.1, 0.15) is 37.6 Å². The summed E-state index contributed by atoms with van der Waals surface area (Å²) >= 11 is 5.48. The van der Waals surface area contributed by atoms with E-state index in [1.54, 1.807) is 18.2 Å². The number of carboxylic acid groups (broad SMARTS) is 1. The van der Waals surface area contributed by atoms with Gasteiger partial charge in [-0.15, -0.1) is 0 Å². The van der Waals surface area contributed by atoms with E-state index in [9.17, 15) is 4.79 Å². The molecule has 0 radical (unpaired) electrons. The first-order valence-corrected chi connectivity index (χ1v) is 6.91. The average Bonchev–Trinajstić information content (AvgIpc) is 2.56. The van der Waals surface area contributed by atoms with Gasteiger partial charge >= 0.3 is 5.97 Å². The topological polar surface area (TPSA) is 64.6 Å². The Labute approximate surface area is 123 Å². The molecule has 2 aliphatic rings. The van der Waals surface area contributed by atoms with Crippen LogP contribution in [-0.4, -0.2) is 27.4 Å². The van der Waals surface area contributed by atoms with Crippen LogP contribution in [0.2, 0.25) is 0 Å². The molecular weight excluding hydrogens is 274 g/mol. The number of hydrogen-bond acceptors (Lipinski definition) is 3. The summed E-state index contributed by atoms with van der Waals surface area (Å²) in [7, 11) is 0.